The Labute approximate surface area is 321 Å². The normalized spacial score (nSPS) is 27.6. The van der Waals surface area contributed by atoms with Crippen molar-refractivity contribution in [2.75, 3.05) is 16.9 Å². The first-order valence-corrected chi connectivity index (χ1v) is 18.1. The molecular formula is C40H27Cl3FN3O7. The quantitative estimate of drug-likeness (QED) is 0.109. The van der Waals surface area contributed by atoms with E-state index in [9.17, 15) is 28.7 Å². The largest absolute Gasteiger partial charge is 0.503 e. The van der Waals surface area contributed by atoms with E-state index in [1.54, 1.807) is 30.3 Å². The van der Waals surface area contributed by atoms with Crippen molar-refractivity contribution < 1.29 is 37.8 Å². The molecule has 272 valence electrons. The van der Waals surface area contributed by atoms with Gasteiger partial charge in [-0.15, -0.1) is 23.2 Å². The molecule has 0 bridgehead atoms. The molecule has 3 heterocycles. The lowest BCUT2D eigenvalue weighted by molar-refractivity contribution is -0.125. The number of anilines is 2. The van der Waals surface area contributed by atoms with E-state index in [1.165, 1.54) is 31.4 Å². The summed E-state index contributed by atoms with van der Waals surface area (Å²) in [5.74, 6) is -7.01. The standard InChI is InChI=1S/C40H27Cl3FN3O7/c1-53-30-17-20(16-27(41)33(30)48)32-24-14-15-25-31(26(24)18-39(42)37(51)47(38(52)40(32,39)43)23-12-8-21(44)9-13-23)36(50)46(35(25)49)22-10-6-19(7-11-22)34-45-28-4-2-3-5-29(28)54-34/h2-14,16-17,25-26,31-32,48H,15,18H2,1H3. The van der Waals surface area contributed by atoms with Crippen LogP contribution >= 0.6 is 34.8 Å². The zero-order valence-electron chi connectivity index (χ0n) is 28.1. The lowest BCUT2D eigenvalue weighted by atomic mass is 9.56. The zero-order valence-corrected chi connectivity index (χ0v) is 30.4. The van der Waals surface area contributed by atoms with Crippen LogP contribution < -0.4 is 14.5 Å². The van der Waals surface area contributed by atoms with Gasteiger partial charge in [0.25, 0.3) is 11.8 Å². The number of carbonyl (C=O) groups is 4. The minimum absolute atomic E-state index is 0.0268. The van der Waals surface area contributed by atoms with Crippen LogP contribution in [0.3, 0.4) is 0 Å². The van der Waals surface area contributed by atoms with E-state index >= 15 is 0 Å². The summed E-state index contributed by atoms with van der Waals surface area (Å²) in [4.78, 5) is 60.0. The van der Waals surface area contributed by atoms with Gasteiger partial charge in [-0.3, -0.25) is 24.1 Å². The van der Waals surface area contributed by atoms with Crippen molar-refractivity contribution in [1.82, 2.24) is 4.98 Å². The van der Waals surface area contributed by atoms with Gasteiger partial charge in [0.2, 0.25) is 17.7 Å². The number of phenolic OH excluding ortho intramolecular Hbond substituents is 1. The Balaban J connectivity index is 1.13. The number of halogens is 4. The molecule has 9 rings (SSSR count). The van der Waals surface area contributed by atoms with E-state index in [0.29, 0.717) is 33.8 Å². The average molecular weight is 787 g/mol. The third-order valence-corrected chi connectivity index (χ3v) is 12.9. The number of amides is 4. The number of oxazole rings is 1. The Morgan fingerprint density at radius 1 is 0.889 bits per heavy atom. The smallest absolute Gasteiger partial charge is 0.258 e. The summed E-state index contributed by atoms with van der Waals surface area (Å²) in [7, 11) is 1.32. The molecule has 1 N–H and O–H groups in total. The third-order valence-electron chi connectivity index (χ3n) is 11.2. The minimum atomic E-state index is -2.19. The van der Waals surface area contributed by atoms with Gasteiger partial charge in [-0.2, -0.15) is 0 Å². The predicted octanol–water partition coefficient (Wildman–Crippen LogP) is 7.77. The fourth-order valence-electron chi connectivity index (χ4n) is 8.69. The number of benzene rings is 4. The number of alkyl halides is 2. The fourth-order valence-corrected chi connectivity index (χ4v) is 9.85. The first kappa shape index (κ1) is 34.5. The van der Waals surface area contributed by atoms with Crippen LogP contribution in [0.15, 0.2) is 101 Å². The highest BCUT2D eigenvalue weighted by molar-refractivity contribution is 6.58. The number of ether oxygens (including phenoxy) is 1. The average Bonchev–Trinajstić information content (AvgIpc) is 3.76. The second kappa shape index (κ2) is 12.1. The predicted molar refractivity (Wildman–Crippen MR) is 198 cm³/mol. The number of para-hydroxylation sites is 2. The van der Waals surface area contributed by atoms with Crippen molar-refractivity contribution >= 4 is 80.9 Å². The monoisotopic (exact) mass is 785 g/mol. The third kappa shape index (κ3) is 4.67. The van der Waals surface area contributed by atoms with Crippen molar-refractivity contribution in [1.29, 1.82) is 0 Å². The number of imide groups is 2. The summed E-state index contributed by atoms with van der Waals surface area (Å²) in [6, 6.07) is 21.7. The summed E-state index contributed by atoms with van der Waals surface area (Å²) < 4.78 is 25.2. The number of hydrogen-bond acceptors (Lipinski definition) is 8. The van der Waals surface area contributed by atoms with Crippen LogP contribution in [-0.2, 0) is 19.2 Å². The van der Waals surface area contributed by atoms with Crippen molar-refractivity contribution in [3.8, 4) is 23.0 Å². The molecule has 4 aromatic carbocycles. The number of methoxy groups -OCH3 is 1. The Bertz CT molecular complexity index is 2460. The summed E-state index contributed by atoms with van der Waals surface area (Å²) in [5.41, 5.74) is 3.15. The number of phenols is 1. The molecule has 3 fully saturated rings. The van der Waals surface area contributed by atoms with Crippen LogP contribution in [0, 0.1) is 23.6 Å². The summed E-state index contributed by atoms with van der Waals surface area (Å²) in [5, 5.41) is 10.5. The molecule has 1 saturated carbocycles. The maximum absolute atomic E-state index is 14.6. The zero-order chi connectivity index (χ0) is 37.8. The number of hydrogen-bond donors (Lipinski definition) is 1. The van der Waals surface area contributed by atoms with Gasteiger partial charge < -0.3 is 14.3 Å². The number of nitrogens with zero attached hydrogens (tertiary/aromatic N) is 3. The summed E-state index contributed by atoms with van der Waals surface area (Å²) in [6.07, 6.45) is 1.65. The van der Waals surface area contributed by atoms with Gasteiger partial charge in [0, 0.05) is 11.5 Å². The van der Waals surface area contributed by atoms with Crippen molar-refractivity contribution in [2.24, 2.45) is 17.8 Å². The lowest BCUT2D eigenvalue weighted by Crippen LogP contribution is -2.60. The Morgan fingerprint density at radius 3 is 2.28 bits per heavy atom. The Morgan fingerprint density at radius 2 is 1.57 bits per heavy atom. The van der Waals surface area contributed by atoms with Crippen molar-refractivity contribution in [3.63, 3.8) is 0 Å². The molecule has 0 spiro atoms. The van der Waals surface area contributed by atoms with Gasteiger partial charge in [-0.1, -0.05) is 35.4 Å². The highest BCUT2D eigenvalue weighted by atomic mass is 35.5. The Hall–Kier alpha value is -5.23. The topological polar surface area (TPSA) is 130 Å². The molecule has 54 heavy (non-hydrogen) atoms. The maximum atomic E-state index is 14.6. The number of fused-ring (bicyclic) bond motifs is 5. The molecule has 14 heteroatoms. The Kier molecular flexibility index (Phi) is 7.76. The van der Waals surface area contributed by atoms with Gasteiger partial charge in [-0.25, -0.2) is 14.3 Å². The van der Waals surface area contributed by atoms with Gasteiger partial charge >= 0.3 is 0 Å². The minimum Gasteiger partial charge on any atom is -0.503 e. The molecule has 10 nitrogen and oxygen atoms in total. The van der Waals surface area contributed by atoms with E-state index in [0.717, 1.165) is 21.9 Å². The van der Waals surface area contributed by atoms with Crippen LogP contribution in [-0.4, -0.2) is 50.6 Å². The number of aromatic hydroxyl groups is 1. The van der Waals surface area contributed by atoms with Crippen LogP contribution in [0.4, 0.5) is 15.8 Å². The fraction of sp³-hybridized carbons (Fsp3) is 0.225. The SMILES string of the molecule is COc1cc(C2C3=CCC4C(=O)N(c5ccc(-c6nc7ccccc7o6)cc5)C(=O)C4C3CC3(Cl)C(=O)N(c4ccc(F)cc4)C(=O)C23Cl)cc(Cl)c1O. The molecule has 2 saturated heterocycles. The molecule has 2 aliphatic carbocycles. The van der Waals surface area contributed by atoms with Crippen LogP contribution in [0.1, 0.15) is 24.3 Å². The lowest BCUT2D eigenvalue weighted by Gasteiger charge is -2.50. The molecular weight excluding hydrogens is 760 g/mol. The van der Waals surface area contributed by atoms with Gasteiger partial charge in [0.15, 0.2) is 26.8 Å². The van der Waals surface area contributed by atoms with E-state index in [1.807, 2.05) is 24.3 Å². The summed E-state index contributed by atoms with van der Waals surface area (Å²) >= 11 is 21.3. The number of rotatable bonds is 5. The number of allylic oxidation sites excluding steroid dienone is 2. The molecule has 6 unspecified atom stereocenters. The van der Waals surface area contributed by atoms with Gasteiger partial charge in [0.1, 0.15) is 11.3 Å². The highest BCUT2D eigenvalue weighted by Gasteiger charge is 2.76. The first-order chi connectivity index (χ1) is 25.9. The van der Waals surface area contributed by atoms with Crippen molar-refractivity contribution in [2.45, 2.75) is 28.5 Å². The maximum Gasteiger partial charge on any atom is 0.258 e. The molecule has 4 amide bonds. The molecule has 2 aliphatic heterocycles. The van der Waals surface area contributed by atoms with Gasteiger partial charge in [-0.05, 0) is 97.1 Å². The van der Waals surface area contributed by atoms with E-state index in [-0.39, 0.29) is 40.6 Å². The molecule has 0 radical (unpaired) electrons. The summed E-state index contributed by atoms with van der Waals surface area (Å²) in [6.45, 7) is 0. The highest BCUT2D eigenvalue weighted by Crippen LogP contribution is 2.66. The number of carbonyl (C=O) groups excluding carboxylic acids is 4. The second-order valence-electron chi connectivity index (χ2n) is 13.8. The van der Waals surface area contributed by atoms with Crippen LogP contribution in [0.2, 0.25) is 5.02 Å². The first-order valence-electron chi connectivity index (χ1n) is 17.0. The molecule has 6 atom stereocenters. The van der Waals surface area contributed by atoms with Gasteiger partial charge in [0.05, 0.1) is 35.3 Å². The molecule has 4 aliphatic rings. The molecule has 5 aromatic rings. The van der Waals surface area contributed by atoms with Crippen LogP contribution in [0.5, 0.6) is 11.5 Å². The van der Waals surface area contributed by atoms with Crippen molar-refractivity contribution in [3.05, 3.63) is 113 Å². The van der Waals surface area contributed by atoms with Crippen LogP contribution in [0.25, 0.3) is 22.6 Å². The van der Waals surface area contributed by atoms with E-state index in [4.69, 9.17) is 44.0 Å². The number of aromatic nitrogens is 1. The van der Waals surface area contributed by atoms with E-state index in [2.05, 4.69) is 4.98 Å². The van der Waals surface area contributed by atoms with E-state index < -0.39 is 62.9 Å². The second-order valence-corrected chi connectivity index (χ2v) is 15.5. The molecule has 1 aromatic heterocycles.